The van der Waals surface area contributed by atoms with Crippen LogP contribution in [-0.4, -0.2) is 6.29 Å². The summed E-state index contributed by atoms with van der Waals surface area (Å²) in [7, 11) is 0. The molecule has 1 radical (unpaired) electrons. The second-order valence-electron chi connectivity index (χ2n) is 6.81. The predicted molar refractivity (Wildman–Crippen MR) is 99.0 cm³/mol. The molecule has 22 heavy (non-hydrogen) atoms. The lowest BCUT2D eigenvalue weighted by Crippen LogP contribution is -1.84. The number of hydrogen-bond donors (Lipinski definition) is 0. The fraction of sp³-hybridized carbons (Fsp3) is 0.857. The van der Waals surface area contributed by atoms with Crippen molar-refractivity contribution in [2.24, 2.45) is 0 Å². The van der Waals surface area contributed by atoms with E-state index in [0.717, 1.165) is 6.42 Å². The number of allylic oxidation sites excluding steroid dienone is 2. The van der Waals surface area contributed by atoms with Gasteiger partial charge in [-0.1, -0.05) is 102 Å². The first-order valence-electron chi connectivity index (χ1n) is 9.84. The minimum atomic E-state index is 1.06. The highest BCUT2D eigenvalue weighted by Crippen LogP contribution is 2.14. The summed E-state index contributed by atoms with van der Waals surface area (Å²) >= 11 is 0. The van der Waals surface area contributed by atoms with Gasteiger partial charge in [-0.25, -0.2) is 0 Å². The van der Waals surface area contributed by atoms with Gasteiger partial charge in [-0.3, -0.25) is 4.79 Å². The van der Waals surface area contributed by atoms with Crippen LogP contribution < -0.4 is 0 Å². The third-order valence-electron chi connectivity index (χ3n) is 4.48. The van der Waals surface area contributed by atoms with Gasteiger partial charge < -0.3 is 0 Å². The Labute approximate surface area is 140 Å². The van der Waals surface area contributed by atoms with Crippen LogP contribution in [0.3, 0.4) is 0 Å². The van der Waals surface area contributed by atoms with Gasteiger partial charge in [-0.15, -0.1) is 0 Å². The van der Waals surface area contributed by atoms with Gasteiger partial charge >= 0.3 is 0 Å². The van der Waals surface area contributed by atoms with Crippen molar-refractivity contribution in [1.29, 1.82) is 0 Å². The molecular formula is C21H39O. The zero-order valence-electron chi connectivity index (χ0n) is 15.3. The van der Waals surface area contributed by atoms with Crippen molar-refractivity contribution in [2.75, 3.05) is 0 Å². The maximum atomic E-state index is 10.2. The Bertz CT molecular complexity index is 255. The molecule has 1 heteroatoms. The Morgan fingerprint density at radius 2 is 1.05 bits per heavy atom. The molecule has 0 saturated heterocycles. The lowest BCUT2D eigenvalue weighted by atomic mass is 10.0. The van der Waals surface area contributed by atoms with Gasteiger partial charge in [0.15, 0.2) is 0 Å². The summed E-state index contributed by atoms with van der Waals surface area (Å²) in [5.41, 5.74) is 1.17. The molecule has 0 aromatic heterocycles. The Morgan fingerprint density at radius 1 is 0.682 bits per heavy atom. The first kappa shape index (κ1) is 21.4. The highest BCUT2D eigenvalue weighted by Gasteiger charge is 1.95. The summed E-state index contributed by atoms with van der Waals surface area (Å²) < 4.78 is 0. The van der Waals surface area contributed by atoms with Crippen molar-refractivity contribution in [3.63, 3.8) is 0 Å². The quantitative estimate of drug-likeness (QED) is 0.203. The van der Waals surface area contributed by atoms with Gasteiger partial charge in [0.25, 0.3) is 0 Å². The van der Waals surface area contributed by atoms with Crippen LogP contribution in [0.25, 0.3) is 0 Å². The van der Waals surface area contributed by atoms with E-state index in [1.54, 1.807) is 6.08 Å². The molecular weight excluding hydrogens is 268 g/mol. The Balaban J connectivity index is 3.05. The van der Waals surface area contributed by atoms with Gasteiger partial charge in [0.05, 0.1) is 0 Å². The average molecular weight is 308 g/mol. The van der Waals surface area contributed by atoms with Crippen LogP contribution in [0.2, 0.25) is 0 Å². The van der Waals surface area contributed by atoms with E-state index in [4.69, 9.17) is 0 Å². The minimum Gasteiger partial charge on any atom is -0.286 e. The van der Waals surface area contributed by atoms with E-state index in [0.29, 0.717) is 0 Å². The standard InChI is InChI=1S/C21H39O/c1-3-4-5-6-7-8-9-10-11-12-13-14-15-16-17-18-21(2)19-20-22/h19H,3-18H2,1-2H3. The lowest BCUT2D eigenvalue weighted by molar-refractivity contribution is 0.532. The second-order valence-corrected chi connectivity index (χ2v) is 6.81. The zero-order valence-corrected chi connectivity index (χ0v) is 15.3. The van der Waals surface area contributed by atoms with Crippen LogP contribution in [0.1, 0.15) is 117 Å². The van der Waals surface area contributed by atoms with Crippen LogP contribution in [0.5, 0.6) is 0 Å². The SMILES string of the molecule is CCCCCCCCCCCCCCCCCC(C)=C[C]=O. The van der Waals surface area contributed by atoms with Crippen molar-refractivity contribution in [1.82, 2.24) is 0 Å². The van der Waals surface area contributed by atoms with Gasteiger partial charge in [-0.2, -0.15) is 0 Å². The summed E-state index contributed by atoms with van der Waals surface area (Å²) in [6.07, 6.45) is 25.5. The first-order chi connectivity index (χ1) is 10.8. The molecule has 0 aromatic carbocycles. The van der Waals surface area contributed by atoms with E-state index in [-0.39, 0.29) is 0 Å². The zero-order chi connectivity index (χ0) is 16.3. The maximum absolute atomic E-state index is 10.2. The molecule has 0 spiro atoms. The summed E-state index contributed by atoms with van der Waals surface area (Å²) in [5, 5.41) is 0. The smallest absolute Gasteiger partial charge is 0.225 e. The van der Waals surface area contributed by atoms with E-state index < -0.39 is 0 Å². The van der Waals surface area contributed by atoms with Crippen molar-refractivity contribution >= 4 is 6.29 Å². The normalized spacial score (nSPS) is 11.8. The van der Waals surface area contributed by atoms with Gasteiger partial charge in [0.1, 0.15) is 0 Å². The summed E-state index contributed by atoms with van der Waals surface area (Å²) in [6.45, 7) is 4.30. The highest BCUT2D eigenvalue weighted by molar-refractivity contribution is 5.66. The van der Waals surface area contributed by atoms with Gasteiger partial charge in [-0.05, 0) is 25.8 Å². The minimum absolute atomic E-state index is 1.06. The van der Waals surface area contributed by atoms with Gasteiger partial charge in [0.2, 0.25) is 6.29 Å². The number of hydrogen-bond acceptors (Lipinski definition) is 1. The molecule has 0 aromatic rings. The van der Waals surface area contributed by atoms with E-state index in [1.165, 1.54) is 102 Å². The number of rotatable bonds is 17. The van der Waals surface area contributed by atoms with Crippen molar-refractivity contribution in [3.05, 3.63) is 11.6 Å². The lowest BCUT2D eigenvalue weighted by Gasteiger charge is -2.03. The molecule has 0 saturated carbocycles. The third kappa shape index (κ3) is 17.5. The Kier molecular flexibility index (Phi) is 18.0. The summed E-state index contributed by atoms with van der Waals surface area (Å²) in [6, 6.07) is 0. The first-order valence-corrected chi connectivity index (χ1v) is 9.84. The molecule has 0 bridgehead atoms. The van der Waals surface area contributed by atoms with Crippen LogP contribution in [-0.2, 0) is 4.79 Å². The van der Waals surface area contributed by atoms with E-state index in [1.807, 2.05) is 13.2 Å². The van der Waals surface area contributed by atoms with E-state index in [2.05, 4.69) is 6.92 Å². The molecule has 0 heterocycles. The topological polar surface area (TPSA) is 17.1 Å². The molecule has 1 nitrogen and oxygen atoms in total. The molecule has 0 aliphatic heterocycles. The summed E-state index contributed by atoms with van der Waals surface area (Å²) in [4.78, 5) is 10.2. The van der Waals surface area contributed by atoms with E-state index >= 15 is 0 Å². The molecule has 0 rings (SSSR count). The molecule has 0 N–H and O–H groups in total. The Hall–Kier alpha value is -0.590. The predicted octanol–water partition coefficient (Wildman–Crippen LogP) is 7.30. The van der Waals surface area contributed by atoms with Crippen LogP contribution in [0.4, 0.5) is 0 Å². The highest BCUT2D eigenvalue weighted by atomic mass is 16.1. The molecule has 0 aliphatic rings. The fourth-order valence-corrected chi connectivity index (χ4v) is 2.95. The fourth-order valence-electron chi connectivity index (χ4n) is 2.95. The molecule has 129 valence electrons. The monoisotopic (exact) mass is 307 g/mol. The maximum Gasteiger partial charge on any atom is 0.225 e. The van der Waals surface area contributed by atoms with Crippen LogP contribution >= 0.6 is 0 Å². The van der Waals surface area contributed by atoms with Crippen molar-refractivity contribution < 1.29 is 4.79 Å². The molecule has 0 aliphatic carbocycles. The molecule has 0 amide bonds. The molecule has 0 atom stereocenters. The molecule has 0 unspecified atom stereocenters. The molecule has 0 fully saturated rings. The summed E-state index contributed by atoms with van der Waals surface area (Å²) in [5.74, 6) is 0. The van der Waals surface area contributed by atoms with Crippen molar-refractivity contribution in [2.45, 2.75) is 117 Å². The van der Waals surface area contributed by atoms with Crippen molar-refractivity contribution in [3.8, 4) is 0 Å². The Morgan fingerprint density at radius 3 is 1.41 bits per heavy atom. The number of unbranched alkanes of at least 4 members (excludes halogenated alkanes) is 14. The van der Waals surface area contributed by atoms with Gasteiger partial charge in [0, 0.05) is 0 Å². The third-order valence-corrected chi connectivity index (χ3v) is 4.48. The largest absolute Gasteiger partial charge is 0.286 e. The van der Waals surface area contributed by atoms with Crippen LogP contribution in [0.15, 0.2) is 11.6 Å². The van der Waals surface area contributed by atoms with E-state index in [9.17, 15) is 4.79 Å². The average Bonchev–Trinajstić information content (AvgIpc) is 2.51. The van der Waals surface area contributed by atoms with Crippen LogP contribution in [0, 0.1) is 0 Å². The number of carbonyl (C=O) groups excluding carboxylic acids is 1. The second kappa shape index (κ2) is 18.5.